The van der Waals surface area contributed by atoms with Crippen molar-refractivity contribution in [1.82, 2.24) is 5.32 Å². The molecule has 0 spiro atoms. The van der Waals surface area contributed by atoms with Gasteiger partial charge in [0.05, 0.1) is 6.54 Å². The van der Waals surface area contributed by atoms with E-state index in [0.29, 0.717) is 12.1 Å². The zero-order chi connectivity index (χ0) is 16.7. The summed E-state index contributed by atoms with van der Waals surface area (Å²) in [6, 6.07) is 14.6. The Morgan fingerprint density at radius 2 is 1.78 bits per heavy atom. The fraction of sp³-hybridized carbons (Fsp3) is 0.176. The van der Waals surface area contributed by atoms with Crippen LogP contribution in [0.4, 0.5) is 11.4 Å². The Labute approximate surface area is 149 Å². The Morgan fingerprint density at radius 3 is 2.48 bits per heavy atom. The number of hydrogen-bond donors (Lipinski definition) is 3. The molecule has 0 aliphatic carbocycles. The van der Waals surface area contributed by atoms with Gasteiger partial charge >= 0.3 is 0 Å². The third-order valence-corrected chi connectivity index (χ3v) is 3.76. The van der Waals surface area contributed by atoms with Gasteiger partial charge in [0.15, 0.2) is 0 Å². The monoisotopic (exact) mass is 423 g/mol. The van der Waals surface area contributed by atoms with Crippen LogP contribution in [0.25, 0.3) is 0 Å². The maximum absolute atomic E-state index is 11.9. The fourth-order valence-corrected chi connectivity index (χ4v) is 2.31. The van der Waals surface area contributed by atoms with E-state index in [1.54, 1.807) is 18.2 Å². The molecule has 2 rings (SSSR count). The third-order valence-electron chi connectivity index (χ3n) is 3.04. The van der Waals surface area contributed by atoms with Gasteiger partial charge in [0, 0.05) is 27.1 Å². The summed E-state index contributed by atoms with van der Waals surface area (Å²) >= 11 is 2.21. The number of carbonyl (C=O) groups is 2. The SMILES string of the molecule is CCNC(=O)c1cccc(NCC(=O)Nc2ccc(I)cc2)c1. The topological polar surface area (TPSA) is 70.2 Å². The van der Waals surface area contributed by atoms with Crippen molar-refractivity contribution in [1.29, 1.82) is 0 Å². The van der Waals surface area contributed by atoms with Crippen LogP contribution in [0, 0.1) is 3.57 Å². The summed E-state index contributed by atoms with van der Waals surface area (Å²) in [7, 11) is 0. The molecule has 23 heavy (non-hydrogen) atoms. The molecule has 2 amide bonds. The molecular formula is C17H18IN3O2. The highest BCUT2D eigenvalue weighted by Crippen LogP contribution is 2.12. The van der Waals surface area contributed by atoms with Gasteiger partial charge in [-0.25, -0.2) is 0 Å². The van der Waals surface area contributed by atoms with Gasteiger partial charge in [-0.3, -0.25) is 9.59 Å². The Hall–Kier alpha value is -2.09. The van der Waals surface area contributed by atoms with Crippen LogP contribution in [-0.4, -0.2) is 24.9 Å². The summed E-state index contributed by atoms with van der Waals surface area (Å²) in [6.07, 6.45) is 0. The lowest BCUT2D eigenvalue weighted by atomic mass is 10.2. The summed E-state index contributed by atoms with van der Waals surface area (Å²) in [5.74, 6) is -0.269. The molecule has 0 heterocycles. The van der Waals surface area contributed by atoms with Crippen LogP contribution >= 0.6 is 22.6 Å². The number of amides is 2. The van der Waals surface area contributed by atoms with Crippen LogP contribution in [0.1, 0.15) is 17.3 Å². The minimum Gasteiger partial charge on any atom is -0.376 e. The molecule has 0 radical (unpaired) electrons. The van der Waals surface area contributed by atoms with Gasteiger partial charge in [-0.15, -0.1) is 0 Å². The van der Waals surface area contributed by atoms with Gasteiger partial charge in [0.25, 0.3) is 5.91 Å². The van der Waals surface area contributed by atoms with Crippen molar-refractivity contribution in [3.05, 3.63) is 57.7 Å². The van der Waals surface area contributed by atoms with Crippen LogP contribution in [0.3, 0.4) is 0 Å². The van der Waals surface area contributed by atoms with E-state index in [1.807, 2.05) is 37.3 Å². The summed E-state index contributed by atoms with van der Waals surface area (Å²) in [5, 5.41) is 8.58. The Morgan fingerprint density at radius 1 is 1.04 bits per heavy atom. The predicted octanol–water partition coefficient (Wildman–Crippen LogP) is 3.09. The molecule has 0 aliphatic rings. The van der Waals surface area contributed by atoms with Crippen molar-refractivity contribution in [2.24, 2.45) is 0 Å². The zero-order valence-electron chi connectivity index (χ0n) is 12.7. The van der Waals surface area contributed by atoms with Crippen LogP contribution in [0.5, 0.6) is 0 Å². The quantitative estimate of drug-likeness (QED) is 0.626. The van der Waals surface area contributed by atoms with Crippen LogP contribution in [0.2, 0.25) is 0 Å². The highest BCUT2D eigenvalue weighted by molar-refractivity contribution is 14.1. The fourth-order valence-electron chi connectivity index (χ4n) is 1.95. The van der Waals surface area contributed by atoms with Crippen LogP contribution in [0.15, 0.2) is 48.5 Å². The van der Waals surface area contributed by atoms with Crippen molar-refractivity contribution < 1.29 is 9.59 Å². The number of nitrogens with one attached hydrogen (secondary N) is 3. The van der Waals surface area contributed by atoms with Crippen molar-refractivity contribution in [3.63, 3.8) is 0 Å². The summed E-state index contributed by atoms with van der Waals surface area (Å²) in [6.45, 7) is 2.58. The van der Waals surface area contributed by atoms with Crippen molar-refractivity contribution >= 4 is 45.8 Å². The van der Waals surface area contributed by atoms with E-state index >= 15 is 0 Å². The van der Waals surface area contributed by atoms with Crippen LogP contribution < -0.4 is 16.0 Å². The van der Waals surface area contributed by atoms with Crippen molar-refractivity contribution in [2.75, 3.05) is 23.7 Å². The second-order valence-electron chi connectivity index (χ2n) is 4.85. The molecule has 0 saturated heterocycles. The van der Waals surface area contributed by atoms with Gasteiger partial charge in [0.1, 0.15) is 0 Å². The first-order chi connectivity index (χ1) is 11.1. The second kappa shape index (κ2) is 8.52. The summed E-state index contributed by atoms with van der Waals surface area (Å²) in [5.41, 5.74) is 2.05. The Bertz CT molecular complexity index is 686. The number of rotatable bonds is 6. The molecular weight excluding hydrogens is 405 g/mol. The molecule has 3 N–H and O–H groups in total. The number of benzene rings is 2. The lowest BCUT2D eigenvalue weighted by Crippen LogP contribution is -2.23. The van der Waals surface area contributed by atoms with E-state index < -0.39 is 0 Å². The number of halogens is 1. The van der Waals surface area contributed by atoms with E-state index in [2.05, 4.69) is 38.5 Å². The van der Waals surface area contributed by atoms with Crippen molar-refractivity contribution in [2.45, 2.75) is 6.92 Å². The molecule has 0 atom stereocenters. The standard InChI is InChI=1S/C17H18IN3O2/c1-2-19-17(23)12-4-3-5-15(10-12)20-11-16(22)21-14-8-6-13(18)7-9-14/h3-10,20H,2,11H2,1H3,(H,19,23)(H,21,22). The molecule has 0 fully saturated rings. The van der Waals surface area contributed by atoms with Gasteiger partial charge in [-0.1, -0.05) is 6.07 Å². The van der Waals surface area contributed by atoms with E-state index in [1.165, 1.54) is 0 Å². The Kier molecular flexibility index (Phi) is 6.40. The molecule has 2 aromatic carbocycles. The highest BCUT2D eigenvalue weighted by Gasteiger charge is 2.06. The number of hydrogen-bond acceptors (Lipinski definition) is 3. The second-order valence-corrected chi connectivity index (χ2v) is 6.09. The largest absolute Gasteiger partial charge is 0.376 e. The van der Waals surface area contributed by atoms with Gasteiger partial charge in [-0.05, 0) is 72.0 Å². The first kappa shape index (κ1) is 17.3. The van der Waals surface area contributed by atoms with E-state index in [4.69, 9.17) is 0 Å². The molecule has 0 aromatic heterocycles. The molecule has 2 aromatic rings. The average Bonchev–Trinajstić information content (AvgIpc) is 2.56. The molecule has 0 saturated carbocycles. The maximum Gasteiger partial charge on any atom is 0.251 e. The molecule has 120 valence electrons. The third kappa shape index (κ3) is 5.55. The predicted molar refractivity (Wildman–Crippen MR) is 101 cm³/mol. The smallest absolute Gasteiger partial charge is 0.251 e. The molecule has 0 bridgehead atoms. The maximum atomic E-state index is 11.9. The first-order valence-corrected chi connectivity index (χ1v) is 8.34. The first-order valence-electron chi connectivity index (χ1n) is 7.26. The van der Waals surface area contributed by atoms with Crippen LogP contribution in [-0.2, 0) is 4.79 Å². The van der Waals surface area contributed by atoms with Gasteiger partial charge in [-0.2, -0.15) is 0 Å². The van der Waals surface area contributed by atoms with Gasteiger partial charge < -0.3 is 16.0 Å². The number of carbonyl (C=O) groups excluding carboxylic acids is 2. The Balaban J connectivity index is 1.90. The minimum atomic E-state index is -0.144. The average molecular weight is 423 g/mol. The van der Waals surface area contributed by atoms with E-state index in [-0.39, 0.29) is 18.4 Å². The lowest BCUT2D eigenvalue weighted by Gasteiger charge is -2.09. The molecule has 0 aliphatic heterocycles. The lowest BCUT2D eigenvalue weighted by molar-refractivity contribution is -0.114. The van der Waals surface area contributed by atoms with Crippen molar-refractivity contribution in [3.8, 4) is 0 Å². The number of anilines is 2. The minimum absolute atomic E-state index is 0.125. The zero-order valence-corrected chi connectivity index (χ0v) is 14.9. The molecule has 5 nitrogen and oxygen atoms in total. The highest BCUT2D eigenvalue weighted by atomic mass is 127. The molecule has 0 unspecified atom stereocenters. The summed E-state index contributed by atoms with van der Waals surface area (Å²) < 4.78 is 1.11. The van der Waals surface area contributed by atoms with Gasteiger partial charge in [0.2, 0.25) is 5.91 Å². The van der Waals surface area contributed by atoms with E-state index in [0.717, 1.165) is 14.9 Å². The summed E-state index contributed by atoms with van der Waals surface area (Å²) in [4.78, 5) is 23.7. The molecule has 6 heteroatoms. The normalized spacial score (nSPS) is 10.0. The van der Waals surface area contributed by atoms with E-state index in [9.17, 15) is 9.59 Å².